The van der Waals surface area contributed by atoms with E-state index in [9.17, 15) is 10.2 Å². The molecule has 0 saturated heterocycles. The Labute approximate surface area is 106 Å². The van der Waals surface area contributed by atoms with Crippen molar-refractivity contribution < 1.29 is 14.9 Å². The number of benzene rings is 2. The van der Waals surface area contributed by atoms with Gasteiger partial charge < -0.3 is 14.9 Å². The first-order valence-electron chi connectivity index (χ1n) is 5.72. The van der Waals surface area contributed by atoms with Gasteiger partial charge in [0.25, 0.3) is 0 Å². The first kappa shape index (κ1) is 12.5. The molecule has 3 heteroatoms. The first-order chi connectivity index (χ1) is 8.72. The Morgan fingerprint density at radius 3 is 2.56 bits per heavy atom. The predicted octanol–water partition coefficient (Wildman–Crippen LogP) is 2.75. The highest BCUT2D eigenvalue weighted by Crippen LogP contribution is 2.36. The van der Waals surface area contributed by atoms with Gasteiger partial charge in [-0.05, 0) is 29.7 Å². The van der Waals surface area contributed by atoms with Crippen LogP contribution in [0.1, 0.15) is 5.56 Å². The number of ether oxygens (including phenoxy) is 1. The molecule has 0 amide bonds. The highest BCUT2D eigenvalue weighted by molar-refractivity contribution is 5.74. The van der Waals surface area contributed by atoms with Crippen LogP contribution in [0, 0.1) is 6.07 Å². The van der Waals surface area contributed by atoms with Gasteiger partial charge in [0.2, 0.25) is 0 Å². The van der Waals surface area contributed by atoms with E-state index in [1.807, 2.05) is 12.1 Å². The Morgan fingerprint density at radius 2 is 1.89 bits per heavy atom. The Morgan fingerprint density at radius 1 is 1.17 bits per heavy atom. The Bertz CT molecular complexity index is 521. The molecular weight excluding hydrogens is 228 g/mol. The summed E-state index contributed by atoms with van der Waals surface area (Å²) in [6, 6.07) is 13.3. The Balaban J connectivity index is 2.50. The number of hydrogen-bond donors (Lipinski definition) is 2. The van der Waals surface area contributed by atoms with Crippen LogP contribution in [-0.2, 0) is 11.2 Å². The molecule has 0 aliphatic rings. The van der Waals surface area contributed by atoms with E-state index in [-0.39, 0.29) is 11.5 Å². The van der Waals surface area contributed by atoms with Crippen molar-refractivity contribution in [3.05, 3.63) is 48.0 Å². The topological polar surface area (TPSA) is 49.7 Å². The molecule has 0 bridgehead atoms. The molecule has 2 rings (SSSR count). The third kappa shape index (κ3) is 2.63. The summed E-state index contributed by atoms with van der Waals surface area (Å²) in [6.45, 7) is 0.537. The molecule has 0 aromatic heterocycles. The van der Waals surface area contributed by atoms with Crippen molar-refractivity contribution in [2.75, 3.05) is 13.7 Å². The molecule has 0 heterocycles. The van der Waals surface area contributed by atoms with Gasteiger partial charge in [-0.25, -0.2) is 0 Å². The lowest BCUT2D eigenvalue weighted by atomic mass is 9.96. The molecule has 2 N–H and O–H groups in total. The molecule has 1 radical (unpaired) electrons. The average Bonchev–Trinajstić information content (AvgIpc) is 2.36. The summed E-state index contributed by atoms with van der Waals surface area (Å²) in [4.78, 5) is 0. The Kier molecular flexibility index (Phi) is 3.85. The van der Waals surface area contributed by atoms with Crippen molar-refractivity contribution in [3.8, 4) is 22.6 Å². The third-order valence-corrected chi connectivity index (χ3v) is 2.77. The summed E-state index contributed by atoms with van der Waals surface area (Å²) in [5.41, 5.74) is 2.50. The normalized spacial score (nSPS) is 10.5. The maximum Gasteiger partial charge on any atom is 0.127 e. The zero-order valence-corrected chi connectivity index (χ0v) is 10.2. The molecule has 2 aromatic carbocycles. The van der Waals surface area contributed by atoms with Gasteiger partial charge in [0.1, 0.15) is 11.5 Å². The fraction of sp³-hybridized carbons (Fsp3) is 0.200. The van der Waals surface area contributed by atoms with Crippen molar-refractivity contribution >= 4 is 0 Å². The summed E-state index contributed by atoms with van der Waals surface area (Å²) in [5, 5.41) is 19.6. The number of hydrogen-bond acceptors (Lipinski definition) is 3. The smallest absolute Gasteiger partial charge is 0.127 e. The summed E-state index contributed by atoms with van der Waals surface area (Å²) in [7, 11) is 1.62. The number of aromatic hydroxyl groups is 2. The number of methoxy groups -OCH3 is 1. The second-order valence-electron chi connectivity index (χ2n) is 4.03. The molecule has 0 atom stereocenters. The van der Waals surface area contributed by atoms with E-state index in [1.165, 1.54) is 6.07 Å². The highest BCUT2D eigenvalue weighted by atomic mass is 16.5. The fourth-order valence-corrected chi connectivity index (χ4v) is 1.97. The zero-order chi connectivity index (χ0) is 13.0. The zero-order valence-electron chi connectivity index (χ0n) is 10.2. The standard InChI is InChI=1S/C15H15O3/c1-18-8-7-12-9-13(16)10-14(17)15(12)11-5-3-2-4-6-11/h3-6,9-10,16-17H,7-8H2,1H3. The van der Waals surface area contributed by atoms with Crippen LogP contribution in [0.2, 0.25) is 0 Å². The van der Waals surface area contributed by atoms with Crippen LogP contribution in [0.4, 0.5) is 0 Å². The van der Waals surface area contributed by atoms with Crippen LogP contribution in [0.15, 0.2) is 36.4 Å². The van der Waals surface area contributed by atoms with Crippen molar-refractivity contribution in [3.63, 3.8) is 0 Å². The molecular formula is C15H15O3. The minimum Gasteiger partial charge on any atom is -0.508 e. The SMILES string of the molecule is COCCc1cc(O)cc(O)c1-c1cc[c]cc1. The summed E-state index contributed by atoms with van der Waals surface area (Å²) in [5.74, 6) is 0.136. The molecule has 3 nitrogen and oxygen atoms in total. The van der Waals surface area contributed by atoms with Crippen molar-refractivity contribution in [1.29, 1.82) is 0 Å². The van der Waals surface area contributed by atoms with E-state index in [4.69, 9.17) is 4.74 Å². The van der Waals surface area contributed by atoms with Gasteiger partial charge in [-0.3, -0.25) is 0 Å². The van der Waals surface area contributed by atoms with Crippen LogP contribution in [0.3, 0.4) is 0 Å². The molecule has 0 saturated carbocycles. The van der Waals surface area contributed by atoms with E-state index in [1.54, 1.807) is 25.3 Å². The second kappa shape index (κ2) is 5.56. The Hall–Kier alpha value is -2.00. The predicted molar refractivity (Wildman–Crippen MR) is 69.6 cm³/mol. The van der Waals surface area contributed by atoms with Crippen LogP contribution in [0.5, 0.6) is 11.5 Å². The molecule has 2 aromatic rings. The van der Waals surface area contributed by atoms with E-state index < -0.39 is 0 Å². The monoisotopic (exact) mass is 243 g/mol. The van der Waals surface area contributed by atoms with Crippen molar-refractivity contribution in [1.82, 2.24) is 0 Å². The van der Waals surface area contributed by atoms with Gasteiger partial charge in [0.15, 0.2) is 0 Å². The van der Waals surface area contributed by atoms with Gasteiger partial charge in [-0.2, -0.15) is 0 Å². The summed E-state index contributed by atoms with van der Waals surface area (Å²) in [6.07, 6.45) is 0.631. The number of rotatable bonds is 4. The molecule has 0 aliphatic carbocycles. The van der Waals surface area contributed by atoms with Gasteiger partial charge in [-0.15, -0.1) is 0 Å². The van der Waals surface area contributed by atoms with E-state index in [0.29, 0.717) is 13.0 Å². The van der Waals surface area contributed by atoms with Crippen molar-refractivity contribution in [2.45, 2.75) is 6.42 Å². The fourth-order valence-electron chi connectivity index (χ4n) is 1.97. The van der Waals surface area contributed by atoms with Crippen molar-refractivity contribution in [2.24, 2.45) is 0 Å². The average molecular weight is 243 g/mol. The van der Waals surface area contributed by atoms with Crippen LogP contribution in [0.25, 0.3) is 11.1 Å². The van der Waals surface area contributed by atoms with Gasteiger partial charge in [0.05, 0.1) is 6.61 Å². The molecule has 0 aliphatic heterocycles. The van der Waals surface area contributed by atoms with E-state index >= 15 is 0 Å². The lowest BCUT2D eigenvalue weighted by molar-refractivity contribution is 0.202. The molecule has 0 fully saturated rings. The minimum atomic E-state index is 0.0600. The molecule has 0 unspecified atom stereocenters. The maximum absolute atomic E-state index is 10.0. The lowest BCUT2D eigenvalue weighted by Gasteiger charge is -2.12. The van der Waals surface area contributed by atoms with E-state index in [2.05, 4.69) is 6.07 Å². The van der Waals surface area contributed by atoms with Gasteiger partial charge in [0, 0.05) is 18.7 Å². The molecule has 93 valence electrons. The van der Waals surface area contributed by atoms with Crippen LogP contribution >= 0.6 is 0 Å². The quantitative estimate of drug-likeness (QED) is 0.868. The second-order valence-corrected chi connectivity index (χ2v) is 4.03. The number of phenolic OH excluding ortho intramolecular Hbond substituents is 2. The van der Waals surface area contributed by atoms with Crippen LogP contribution in [-0.4, -0.2) is 23.9 Å². The largest absolute Gasteiger partial charge is 0.508 e. The van der Waals surface area contributed by atoms with Gasteiger partial charge >= 0.3 is 0 Å². The highest BCUT2D eigenvalue weighted by Gasteiger charge is 2.12. The van der Waals surface area contributed by atoms with Crippen LogP contribution < -0.4 is 0 Å². The molecule has 0 spiro atoms. The third-order valence-electron chi connectivity index (χ3n) is 2.77. The maximum atomic E-state index is 10.0. The lowest BCUT2D eigenvalue weighted by Crippen LogP contribution is -1.97. The summed E-state index contributed by atoms with van der Waals surface area (Å²) >= 11 is 0. The first-order valence-corrected chi connectivity index (χ1v) is 5.72. The molecule has 18 heavy (non-hydrogen) atoms. The number of phenols is 2. The van der Waals surface area contributed by atoms with E-state index in [0.717, 1.165) is 16.7 Å². The van der Waals surface area contributed by atoms with Gasteiger partial charge in [-0.1, -0.05) is 24.3 Å². The summed E-state index contributed by atoms with van der Waals surface area (Å²) < 4.78 is 5.05. The minimum absolute atomic E-state index is 0.0600.